The highest BCUT2D eigenvalue weighted by atomic mass is 32.2. The van der Waals surface area contributed by atoms with E-state index in [2.05, 4.69) is 5.32 Å². The third kappa shape index (κ3) is 4.23. The van der Waals surface area contributed by atoms with E-state index in [4.69, 9.17) is 5.73 Å². The second-order valence-corrected chi connectivity index (χ2v) is 7.80. The van der Waals surface area contributed by atoms with Crippen molar-refractivity contribution in [1.82, 2.24) is 0 Å². The number of aryl methyl sites for hydroxylation is 1. The summed E-state index contributed by atoms with van der Waals surface area (Å²) in [5.41, 5.74) is 7.61. The molecule has 3 N–H and O–H groups in total. The van der Waals surface area contributed by atoms with Gasteiger partial charge in [-0.3, -0.25) is 4.79 Å². The summed E-state index contributed by atoms with van der Waals surface area (Å²) in [7, 11) is -3.44. The molecular weight excluding hydrogens is 276 g/mol. The van der Waals surface area contributed by atoms with Crippen LogP contribution < -0.4 is 11.1 Å². The molecule has 112 valence electrons. The maximum Gasteiger partial charge on any atom is 0.242 e. The lowest BCUT2D eigenvalue weighted by Gasteiger charge is -2.16. The van der Waals surface area contributed by atoms with E-state index in [1.807, 2.05) is 13.8 Å². The van der Waals surface area contributed by atoms with Gasteiger partial charge in [-0.1, -0.05) is 13.8 Å². The van der Waals surface area contributed by atoms with E-state index >= 15 is 0 Å². The molecule has 20 heavy (non-hydrogen) atoms. The van der Waals surface area contributed by atoms with Crippen molar-refractivity contribution in [3.05, 3.63) is 23.8 Å². The molecule has 6 heteroatoms. The minimum absolute atomic E-state index is 0.00229. The molecule has 1 aromatic rings. The molecule has 1 unspecified atom stereocenters. The van der Waals surface area contributed by atoms with Crippen molar-refractivity contribution in [2.75, 3.05) is 16.8 Å². The van der Waals surface area contributed by atoms with Crippen molar-refractivity contribution in [3.8, 4) is 0 Å². The van der Waals surface area contributed by atoms with Crippen molar-refractivity contribution >= 4 is 27.1 Å². The van der Waals surface area contributed by atoms with E-state index in [1.54, 1.807) is 25.1 Å². The summed E-state index contributed by atoms with van der Waals surface area (Å²) in [5.74, 6) is -0.519. The van der Waals surface area contributed by atoms with Crippen LogP contribution in [0.3, 0.4) is 0 Å². The number of nitrogen functional groups attached to an aromatic ring is 1. The maximum absolute atomic E-state index is 12.1. The summed E-state index contributed by atoms with van der Waals surface area (Å²) in [6, 6.07) is 5.06. The normalized spacial score (nSPS) is 13.2. The number of amides is 1. The molecule has 0 aliphatic rings. The average Bonchev–Trinajstić information content (AvgIpc) is 2.30. The highest BCUT2D eigenvalue weighted by Gasteiger charge is 2.28. The first-order valence-electron chi connectivity index (χ1n) is 6.52. The molecule has 5 nitrogen and oxygen atoms in total. The van der Waals surface area contributed by atoms with Gasteiger partial charge in [-0.05, 0) is 43.5 Å². The van der Waals surface area contributed by atoms with Gasteiger partial charge in [-0.25, -0.2) is 8.42 Å². The molecule has 0 bridgehead atoms. The first-order chi connectivity index (χ1) is 9.13. The number of nitrogens with two attached hydrogens (primary N) is 1. The number of rotatable bonds is 5. The molecule has 0 aliphatic carbocycles. The van der Waals surface area contributed by atoms with Gasteiger partial charge in [0.25, 0.3) is 0 Å². The van der Waals surface area contributed by atoms with Crippen molar-refractivity contribution < 1.29 is 13.2 Å². The van der Waals surface area contributed by atoms with Crippen molar-refractivity contribution in [2.45, 2.75) is 32.9 Å². The Bertz CT molecular complexity index is 594. The lowest BCUT2D eigenvalue weighted by molar-refractivity contribution is -0.115. The third-order valence-electron chi connectivity index (χ3n) is 2.98. The van der Waals surface area contributed by atoms with Crippen molar-refractivity contribution in [2.24, 2.45) is 5.92 Å². The molecule has 1 rings (SSSR count). The minimum atomic E-state index is -3.44. The zero-order valence-corrected chi connectivity index (χ0v) is 13.1. The molecule has 1 atom stereocenters. The molecule has 0 heterocycles. The smallest absolute Gasteiger partial charge is 0.242 e. The number of anilines is 2. The van der Waals surface area contributed by atoms with E-state index in [9.17, 15) is 13.2 Å². The molecule has 0 fully saturated rings. The summed E-state index contributed by atoms with van der Waals surface area (Å²) in [5, 5.41) is 1.58. The fourth-order valence-corrected chi connectivity index (χ4v) is 3.44. The second kappa shape index (κ2) is 6.26. The summed E-state index contributed by atoms with van der Waals surface area (Å²) < 4.78 is 24.1. The Kier molecular flexibility index (Phi) is 5.16. The van der Waals surface area contributed by atoms with Crippen LogP contribution >= 0.6 is 0 Å². The highest BCUT2D eigenvalue weighted by Crippen LogP contribution is 2.19. The Morgan fingerprint density at radius 1 is 1.30 bits per heavy atom. The van der Waals surface area contributed by atoms with Gasteiger partial charge in [0.15, 0.2) is 9.84 Å². The van der Waals surface area contributed by atoms with E-state index in [0.717, 1.165) is 5.56 Å². The van der Waals surface area contributed by atoms with Crippen LogP contribution in [-0.2, 0) is 14.6 Å². The van der Waals surface area contributed by atoms with Crippen LogP contribution in [0.1, 0.15) is 26.3 Å². The van der Waals surface area contributed by atoms with Crippen LogP contribution in [0.5, 0.6) is 0 Å². The Morgan fingerprint density at radius 2 is 1.90 bits per heavy atom. The molecule has 0 spiro atoms. The number of hydrogen-bond acceptors (Lipinski definition) is 4. The van der Waals surface area contributed by atoms with Crippen LogP contribution in [-0.4, -0.2) is 25.3 Å². The fourth-order valence-electron chi connectivity index (χ4n) is 1.83. The number of carbonyl (C=O) groups is 1. The first-order valence-corrected chi connectivity index (χ1v) is 8.23. The first kappa shape index (κ1) is 16.5. The average molecular weight is 298 g/mol. The predicted octanol–water partition coefficient (Wildman–Crippen LogP) is 1.98. The lowest BCUT2D eigenvalue weighted by atomic mass is 10.2. The Hall–Kier alpha value is -1.56. The van der Waals surface area contributed by atoms with Crippen LogP contribution in [0.25, 0.3) is 0 Å². The van der Waals surface area contributed by atoms with Gasteiger partial charge >= 0.3 is 0 Å². The zero-order chi connectivity index (χ0) is 15.5. The highest BCUT2D eigenvalue weighted by molar-refractivity contribution is 7.92. The molecule has 0 radical (unpaired) electrons. The molecule has 0 saturated heterocycles. The minimum Gasteiger partial charge on any atom is -0.399 e. The maximum atomic E-state index is 12.1. The van der Waals surface area contributed by atoms with Gasteiger partial charge in [0.05, 0.1) is 5.75 Å². The van der Waals surface area contributed by atoms with E-state index in [1.165, 1.54) is 6.92 Å². The van der Waals surface area contributed by atoms with E-state index in [0.29, 0.717) is 11.4 Å². The standard InChI is InChI=1S/C14H22N2O3S/c1-9(2)8-20(18,19)11(4)14(17)16-13-6-5-12(15)7-10(13)3/h5-7,9,11H,8,15H2,1-4H3,(H,16,17). The molecule has 0 saturated carbocycles. The van der Waals surface area contributed by atoms with Gasteiger partial charge in [0.1, 0.15) is 5.25 Å². The number of carbonyl (C=O) groups excluding carboxylic acids is 1. The third-order valence-corrected chi connectivity index (χ3v) is 5.40. The van der Waals surface area contributed by atoms with Gasteiger partial charge < -0.3 is 11.1 Å². The Labute approximate surface area is 120 Å². The SMILES string of the molecule is Cc1cc(N)ccc1NC(=O)C(C)S(=O)(=O)CC(C)C. The number of hydrogen-bond donors (Lipinski definition) is 2. The topological polar surface area (TPSA) is 89.3 Å². The van der Waals surface area contributed by atoms with Gasteiger partial charge in [0.2, 0.25) is 5.91 Å². The summed E-state index contributed by atoms with van der Waals surface area (Å²) in [6.45, 7) is 6.84. The summed E-state index contributed by atoms with van der Waals surface area (Å²) in [6.07, 6.45) is 0. The van der Waals surface area contributed by atoms with Crippen molar-refractivity contribution in [3.63, 3.8) is 0 Å². The van der Waals surface area contributed by atoms with Gasteiger partial charge in [-0.15, -0.1) is 0 Å². The number of sulfone groups is 1. The molecule has 0 aromatic heterocycles. The molecule has 0 aliphatic heterocycles. The zero-order valence-electron chi connectivity index (χ0n) is 12.3. The van der Waals surface area contributed by atoms with Crippen molar-refractivity contribution in [1.29, 1.82) is 0 Å². The molecule has 1 aromatic carbocycles. The summed E-state index contributed by atoms with van der Waals surface area (Å²) in [4.78, 5) is 12.1. The lowest BCUT2D eigenvalue weighted by Crippen LogP contribution is -2.35. The van der Waals surface area contributed by atoms with E-state index < -0.39 is 21.0 Å². The molecular formula is C14H22N2O3S. The number of benzene rings is 1. The fraction of sp³-hybridized carbons (Fsp3) is 0.500. The monoisotopic (exact) mass is 298 g/mol. The van der Waals surface area contributed by atoms with Crippen LogP contribution in [0.2, 0.25) is 0 Å². The number of nitrogens with one attached hydrogen (secondary N) is 1. The second-order valence-electron chi connectivity index (χ2n) is 5.43. The van der Waals surface area contributed by atoms with Gasteiger partial charge in [0, 0.05) is 11.4 Å². The van der Waals surface area contributed by atoms with E-state index in [-0.39, 0.29) is 11.7 Å². The molecule has 1 amide bonds. The van der Waals surface area contributed by atoms with Crippen LogP contribution in [0.15, 0.2) is 18.2 Å². The Balaban J connectivity index is 2.85. The quantitative estimate of drug-likeness (QED) is 0.813. The Morgan fingerprint density at radius 3 is 2.40 bits per heavy atom. The van der Waals surface area contributed by atoms with Crippen LogP contribution in [0.4, 0.5) is 11.4 Å². The largest absolute Gasteiger partial charge is 0.399 e. The predicted molar refractivity (Wildman–Crippen MR) is 82.3 cm³/mol. The summed E-state index contributed by atoms with van der Waals surface area (Å²) >= 11 is 0. The van der Waals surface area contributed by atoms with Gasteiger partial charge in [-0.2, -0.15) is 0 Å². The van der Waals surface area contributed by atoms with Crippen LogP contribution in [0, 0.1) is 12.8 Å².